The second-order valence-corrected chi connectivity index (χ2v) is 6.42. The van der Waals surface area contributed by atoms with E-state index in [0.717, 1.165) is 16.3 Å². The number of hydrogen-bond donors (Lipinski definition) is 0. The number of fused-ring (bicyclic) bond motifs is 1. The van der Waals surface area contributed by atoms with Crippen molar-refractivity contribution in [2.75, 3.05) is 5.01 Å². The third kappa shape index (κ3) is 3.52. The molecule has 2 heterocycles. The highest BCUT2D eigenvalue weighted by molar-refractivity contribution is 8.14. The third-order valence-electron chi connectivity index (χ3n) is 3.31. The molecule has 1 aliphatic heterocycles. The Balaban J connectivity index is 1.73. The van der Waals surface area contributed by atoms with Crippen LogP contribution in [0.3, 0.4) is 0 Å². The number of hydrazone groups is 1. The van der Waals surface area contributed by atoms with Crippen LogP contribution < -0.4 is 5.01 Å². The molecule has 8 heteroatoms. The normalized spacial score (nSPS) is 13.6. The van der Waals surface area contributed by atoms with Crippen LogP contribution in [0.4, 0.5) is 17.2 Å². The predicted octanol–water partition coefficient (Wildman–Crippen LogP) is 5.43. The van der Waals surface area contributed by atoms with E-state index in [1.165, 1.54) is 11.8 Å². The summed E-state index contributed by atoms with van der Waals surface area (Å²) in [4.78, 5) is 0.820. The lowest BCUT2D eigenvalue weighted by molar-refractivity contribution is 0.917. The van der Waals surface area contributed by atoms with Crippen molar-refractivity contribution in [3.8, 4) is 0 Å². The molecule has 0 amide bonds. The van der Waals surface area contributed by atoms with Crippen LogP contribution >= 0.6 is 23.4 Å². The smallest absolute Gasteiger partial charge is 0.210 e. The zero-order valence-electron chi connectivity index (χ0n) is 12.8. The Labute approximate surface area is 153 Å². The average Bonchev–Trinajstić information content (AvgIpc) is 2.67. The van der Waals surface area contributed by atoms with E-state index in [9.17, 15) is 0 Å². The van der Waals surface area contributed by atoms with Gasteiger partial charge >= 0.3 is 0 Å². The molecule has 0 aliphatic carbocycles. The number of thioether (sulfide) groups is 1. The minimum atomic E-state index is 0.320. The number of halogens is 1. The van der Waals surface area contributed by atoms with Crippen molar-refractivity contribution < 1.29 is 0 Å². The van der Waals surface area contributed by atoms with Gasteiger partial charge in [0.15, 0.2) is 11.0 Å². The van der Waals surface area contributed by atoms with E-state index in [4.69, 9.17) is 11.6 Å². The summed E-state index contributed by atoms with van der Waals surface area (Å²) in [6.45, 7) is 0. The fourth-order valence-corrected chi connectivity index (χ4v) is 3.21. The van der Waals surface area contributed by atoms with Gasteiger partial charge in [0.05, 0.1) is 16.3 Å². The molecule has 1 aromatic heterocycles. The number of para-hydroxylation sites is 1. The van der Waals surface area contributed by atoms with Gasteiger partial charge in [-0.15, -0.1) is 25.5 Å². The van der Waals surface area contributed by atoms with Crippen LogP contribution in [0.2, 0.25) is 5.15 Å². The molecule has 0 bridgehead atoms. The maximum absolute atomic E-state index is 5.99. The molecule has 0 atom stereocenters. The summed E-state index contributed by atoms with van der Waals surface area (Å²) in [6.07, 6.45) is 0. The molecule has 6 nitrogen and oxygen atoms in total. The first-order valence-corrected chi connectivity index (χ1v) is 8.61. The summed E-state index contributed by atoms with van der Waals surface area (Å²) in [5.41, 5.74) is 1.61. The van der Waals surface area contributed by atoms with Gasteiger partial charge in [-0.2, -0.15) is 0 Å². The molecular formula is C17H11ClN6S. The van der Waals surface area contributed by atoms with E-state index in [-0.39, 0.29) is 0 Å². The lowest BCUT2D eigenvalue weighted by Crippen LogP contribution is -2.18. The second-order valence-electron chi connectivity index (χ2n) is 5.02. The molecule has 0 unspecified atom stereocenters. The number of nitrogens with zero attached hydrogens (tertiary/aromatic N) is 6. The molecule has 2 aromatic carbocycles. The van der Waals surface area contributed by atoms with Crippen LogP contribution in [0.1, 0.15) is 0 Å². The maximum Gasteiger partial charge on any atom is 0.233 e. The van der Waals surface area contributed by atoms with Crippen LogP contribution in [0.25, 0.3) is 0 Å². The summed E-state index contributed by atoms with van der Waals surface area (Å²) in [6, 6.07) is 20.9. The highest BCUT2D eigenvalue weighted by atomic mass is 35.5. The minimum absolute atomic E-state index is 0.320. The summed E-state index contributed by atoms with van der Waals surface area (Å²) >= 11 is 7.34. The first-order chi connectivity index (χ1) is 12.3. The SMILES string of the molecule is Clc1cc2c(nn1)N(c1ccccc1)N=C(N=Nc1ccccc1)S2. The molecule has 3 aromatic rings. The summed E-state index contributed by atoms with van der Waals surface area (Å²) in [5, 5.41) is 23.6. The number of anilines is 2. The Morgan fingerprint density at radius 1 is 0.880 bits per heavy atom. The number of rotatable bonds is 2. The van der Waals surface area contributed by atoms with Gasteiger partial charge in [0, 0.05) is 0 Å². The van der Waals surface area contributed by atoms with Gasteiger partial charge < -0.3 is 0 Å². The Morgan fingerprint density at radius 2 is 1.60 bits per heavy atom. The van der Waals surface area contributed by atoms with E-state index in [0.29, 0.717) is 16.1 Å². The van der Waals surface area contributed by atoms with E-state index >= 15 is 0 Å². The molecule has 0 saturated carbocycles. The molecule has 122 valence electrons. The van der Waals surface area contributed by atoms with Crippen molar-refractivity contribution in [3.63, 3.8) is 0 Å². The van der Waals surface area contributed by atoms with Crippen LogP contribution in [0.15, 0.2) is 87.0 Å². The highest BCUT2D eigenvalue weighted by Crippen LogP contribution is 2.39. The maximum atomic E-state index is 5.99. The lowest BCUT2D eigenvalue weighted by atomic mass is 10.3. The van der Waals surface area contributed by atoms with Crippen molar-refractivity contribution in [2.45, 2.75) is 4.90 Å². The summed E-state index contributed by atoms with van der Waals surface area (Å²) in [5.74, 6) is 0.610. The summed E-state index contributed by atoms with van der Waals surface area (Å²) in [7, 11) is 0. The average molecular weight is 367 g/mol. The Kier molecular flexibility index (Phi) is 4.41. The van der Waals surface area contributed by atoms with Gasteiger partial charge in [0.25, 0.3) is 0 Å². The fourth-order valence-electron chi connectivity index (χ4n) is 2.20. The van der Waals surface area contributed by atoms with Gasteiger partial charge in [0.1, 0.15) is 0 Å². The topological polar surface area (TPSA) is 66.1 Å². The van der Waals surface area contributed by atoms with Crippen LogP contribution in [-0.4, -0.2) is 15.4 Å². The number of hydrogen-bond acceptors (Lipinski definition) is 7. The monoisotopic (exact) mass is 366 g/mol. The van der Waals surface area contributed by atoms with Gasteiger partial charge in [-0.1, -0.05) is 48.0 Å². The van der Waals surface area contributed by atoms with Crippen molar-refractivity contribution in [1.82, 2.24) is 10.2 Å². The van der Waals surface area contributed by atoms with E-state index in [1.807, 2.05) is 60.7 Å². The second kappa shape index (κ2) is 7.00. The van der Waals surface area contributed by atoms with Crippen LogP contribution in [0, 0.1) is 0 Å². The standard InChI is InChI=1S/C17H11ClN6S/c18-15-11-14-16(21-20-15)24(13-9-5-2-6-10-13)23-17(25-14)22-19-12-7-3-1-4-8-12/h1-11H. The number of azo groups is 1. The largest absolute Gasteiger partial charge is 0.233 e. The van der Waals surface area contributed by atoms with Crippen molar-refractivity contribution in [3.05, 3.63) is 71.9 Å². The molecule has 0 saturated heterocycles. The van der Waals surface area contributed by atoms with Gasteiger partial charge in [0.2, 0.25) is 5.17 Å². The Bertz CT molecular complexity index is 946. The van der Waals surface area contributed by atoms with E-state index in [2.05, 4.69) is 25.5 Å². The molecule has 0 spiro atoms. The highest BCUT2D eigenvalue weighted by Gasteiger charge is 2.24. The lowest BCUT2D eigenvalue weighted by Gasteiger charge is -2.23. The van der Waals surface area contributed by atoms with Crippen molar-refractivity contribution in [2.24, 2.45) is 15.3 Å². The van der Waals surface area contributed by atoms with Crippen LogP contribution in [-0.2, 0) is 0 Å². The molecule has 1 aliphatic rings. The zero-order valence-corrected chi connectivity index (χ0v) is 14.4. The number of amidine groups is 1. The van der Waals surface area contributed by atoms with Crippen molar-refractivity contribution in [1.29, 1.82) is 0 Å². The molecule has 0 radical (unpaired) electrons. The minimum Gasteiger partial charge on any atom is -0.210 e. The van der Waals surface area contributed by atoms with E-state index in [1.54, 1.807) is 11.1 Å². The van der Waals surface area contributed by atoms with Gasteiger partial charge in [-0.25, -0.2) is 5.01 Å². The number of aromatic nitrogens is 2. The first kappa shape index (κ1) is 15.7. The quantitative estimate of drug-likeness (QED) is 0.567. The molecule has 0 N–H and O–H groups in total. The van der Waals surface area contributed by atoms with Crippen molar-refractivity contribution >= 4 is 45.7 Å². The van der Waals surface area contributed by atoms with Gasteiger partial charge in [-0.05, 0) is 42.1 Å². The zero-order chi connectivity index (χ0) is 17.1. The van der Waals surface area contributed by atoms with Gasteiger partial charge in [-0.3, -0.25) is 0 Å². The Hall–Kier alpha value is -2.77. The number of benzene rings is 2. The Morgan fingerprint density at radius 3 is 2.36 bits per heavy atom. The van der Waals surface area contributed by atoms with E-state index < -0.39 is 0 Å². The summed E-state index contributed by atoms with van der Waals surface area (Å²) < 4.78 is 0. The fraction of sp³-hybridized carbons (Fsp3) is 0. The molecule has 0 fully saturated rings. The van der Waals surface area contributed by atoms with Crippen LogP contribution in [0.5, 0.6) is 0 Å². The first-order valence-electron chi connectivity index (χ1n) is 7.41. The third-order valence-corrected chi connectivity index (χ3v) is 4.36. The molecule has 25 heavy (non-hydrogen) atoms. The molecule has 4 rings (SSSR count). The molecular weight excluding hydrogens is 356 g/mol. The predicted molar refractivity (Wildman–Crippen MR) is 99.9 cm³/mol.